The van der Waals surface area contributed by atoms with Gasteiger partial charge in [0.15, 0.2) is 0 Å². The fraction of sp³-hybridized carbons (Fsp3) is 0.167. The van der Waals surface area contributed by atoms with Gasteiger partial charge in [0.25, 0.3) is 0 Å². The molecule has 1 nitrogen and oxygen atoms in total. The van der Waals surface area contributed by atoms with Gasteiger partial charge in [-0.15, -0.1) is 0 Å². The monoisotopic (exact) mass is 206 g/mol. The summed E-state index contributed by atoms with van der Waals surface area (Å²) in [6.07, 6.45) is 1.65. The topological polar surface area (TPSA) is 13.1 Å². The molecule has 0 aliphatic heterocycles. The van der Waals surface area contributed by atoms with Crippen molar-refractivity contribution >= 4 is 11.6 Å². The first kappa shape index (κ1) is 9.35. The third kappa shape index (κ3) is 1.55. The zero-order valence-corrected chi connectivity index (χ0v) is 8.93. The summed E-state index contributed by atoms with van der Waals surface area (Å²) in [5.41, 5.74) is 3.38. The van der Waals surface area contributed by atoms with Gasteiger partial charge in [0.05, 0.1) is 11.3 Å². The van der Waals surface area contributed by atoms with Crippen LogP contribution in [0.1, 0.15) is 11.1 Å². The summed E-state index contributed by atoms with van der Waals surface area (Å²) in [5, 5.41) is 0.739. The van der Waals surface area contributed by atoms with Gasteiger partial charge in [0, 0.05) is 5.56 Å². The molecule has 1 heterocycles. The highest BCUT2D eigenvalue weighted by Crippen LogP contribution is 2.30. The Hall–Kier alpha value is -1.21. The quantitative estimate of drug-likeness (QED) is 0.681. The van der Waals surface area contributed by atoms with Crippen molar-refractivity contribution in [2.24, 2.45) is 0 Å². The van der Waals surface area contributed by atoms with Crippen LogP contribution < -0.4 is 0 Å². The molecule has 14 heavy (non-hydrogen) atoms. The van der Waals surface area contributed by atoms with E-state index in [-0.39, 0.29) is 0 Å². The molecule has 0 aliphatic carbocycles. The average Bonchev–Trinajstić information content (AvgIpc) is 2.64. The molecule has 1 aromatic carbocycles. The highest BCUT2D eigenvalue weighted by Gasteiger charge is 2.07. The number of aryl methyl sites for hydroxylation is 2. The number of benzene rings is 1. The summed E-state index contributed by atoms with van der Waals surface area (Å²) in [6.45, 7) is 4.12. The van der Waals surface area contributed by atoms with Crippen LogP contribution in [0, 0.1) is 13.8 Å². The fourth-order valence-corrected chi connectivity index (χ4v) is 1.71. The first-order valence-electron chi connectivity index (χ1n) is 4.49. The van der Waals surface area contributed by atoms with Gasteiger partial charge < -0.3 is 4.42 Å². The third-order valence-electron chi connectivity index (χ3n) is 2.37. The van der Waals surface area contributed by atoms with Crippen molar-refractivity contribution in [3.05, 3.63) is 46.7 Å². The lowest BCUT2D eigenvalue weighted by Crippen LogP contribution is -1.84. The lowest BCUT2D eigenvalue weighted by atomic mass is 10.0. The van der Waals surface area contributed by atoms with E-state index in [1.807, 2.05) is 25.1 Å². The highest BCUT2D eigenvalue weighted by atomic mass is 35.5. The molecular formula is C12H11ClO. The first-order chi connectivity index (χ1) is 6.68. The molecule has 0 atom stereocenters. The van der Waals surface area contributed by atoms with Crippen molar-refractivity contribution in [3.8, 4) is 11.3 Å². The number of rotatable bonds is 1. The molecule has 2 rings (SSSR count). The Morgan fingerprint density at radius 3 is 2.50 bits per heavy atom. The highest BCUT2D eigenvalue weighted by molar-refractivity contribution is 6.33. The van der Waals surface area contributed by atoms with E-state index in [0.29, 0.717) is 0 Å². The van der Waals surface area contributed by atoms with Crippen molar-refractivity contribution in [1.82, 2.24) is 0 Å². The number of hydrogen-bond acceptors (Lipinski definition) is 1. The largest absolute Gasteiger partial charge is 0.464 e. The summed E-state index contributed by atoms with van der Waals surface area (Å²) in [4.78, 5) is 0. The normalized spacial score (nSPS) is 10.5. The summed E-state index contributed by atoms with van der Waals surface area (Å²) >= 11 is 6.13. The molecule has 72 valence electrons. The molecule has 0 aliphatic rings. The number of furan rings is 1. The predicted molar refractivity (Wildman–Crippen MR) is 58.6 cm³/mol. The van der Waals surface area contributed by atoms with E-state index in [4.69, 9.17) is 16.0 Å². The lowest BCUT2D eigenvalue weighted by molar-refractivity contribution is 0.582. The minimum atomic E-state index is 0.739. The van der Waals surface area contributed by atoms with Gasteiger partial charge in [-0.1, -0.05) is 11.6 Å². The molecule has 0 radical (unpaired) electrons. The predicted octanol–water partition coefficient (Wildman–Crippen LogP) is 4.22. The maximum Gasteiger partial charge on any atom is 0.135 e. The van der Waals surface area contributed by atoms with Crippen LogP contribution in [-0.2, 0) is 0 Å². The van der Waals surface area contributed by atoms with E-state index < -0.39 is 0 Å². The third-order valence-corrected chi connectivity index (χ3v) is 2.68. The van der Waals surface area contributed by atoms with Crippen LogP contribution in [0.5, 0.6) is 0 Å². The molecule has 0 fully saturated rings. The van der Waals surface area contributed by atoms with E-state index >= 15 is 0 Å². The minimum Gasteiger partial charge on any atom is -0.464 e. The molecule has 0 spiro atoms. The average molecular weight is 207 g/mol. The second kappa shape index (κ2) is 3.50. The van der Waals surface area contributed by atoms with E-state index in [0.717, 1.165) is 16.3 Å². The van der Waals surface area contributed by atoms with Gasteiger partial charge in [0.1, 0.15) is 5.76 Å². The van der Waals surface area contributed by atoms with Crippen LogP contribution in [0.3, 0.4) is 0 Å². The van der Waals surface area contributed by atoms with Crippen molar-refractivity contribution in [2.75, 3.05) is 0 Å². The van der Waals surface area contributed by atoms with Crippen LogP contribution in [0.25, 0.3) is 11.3 Å². The number of halogens is 1. The van der Waals surface area contributed by atoms with Gasteiger partial charge in [0.2, 0.25) is 0 Å². The Morgan fingerprint density at radius 2 is 1.86 bits per heavy atom. The molecule has 0 N–H and O–H groups in total. The number of hydrogen-bond donors (Lipinski definition) is 0. The van der Waals surface area contributed by atoms with E-state index in [2.05, 4.69) is 13.0 Å². The zero-order chi connectivity index (χ0) is 10.1. The van der Waals surface area contributed by atoms with Gasteiger partial charge in [-0.3, -0.25) is 0 Å². The molecule has 0 saturated carbocycles. The van der Waals surface area contributed by atoms with Crippen LogP contribution in [0.15, 0.2) is 34.9 Å². The Kier molecular flexibility index (Phi) is 2.34. The van der Waals surface area contributed by atoms with Crippen molar-refractivity contribution < 1.29 is 4.42 Å². The minimum absolute atomic E-state index is 0.739. The molecule has 1 aromatic heterocycles. The van der Waals surface area contributed by atoms with Crippen LogP contribution >= 0.6 is 11.6 Å². The van der Waals surface area contributed by atoms with Gasteiger partial charge in [-0.05, 0) is 49.2 Å². The maximum atomic E-state index is 6.13. The lowest BCUT2D eigenvalue weighted by Gasteiger charge is -2.05. The Bertz CT molecular complexity index is 444. The standard InChI is InChI=1S/C12H11ClO/c1-8-6-10(11(13)7-9(8)2)12-4-3-5-14-12/h3-7H,1-2H3. The molecule has 2 heteroatoms. The fourth-order valence-electron chi connectivity index (χ4n) is 1.40. The second-order valence-corrected chi connectivity index (χ2v) is 3.80. The first-order valence-corrected chi connectivity index (χ1v) is 4.87. The molecule has 0 bridgehead atoms. The van der Waals surface area contributed by atoms with E-state index in [1.54, 1.807) is 6.26 Å². The van der Waals surface area contributed by atoms with Crippen molar-refractivity contribution in [1.29, 1.82) is 0 Å². The van der Waals surface area contributed by atoms with Gasteiger partial charge >= 0.3 is 0 Å². The molecule has 0 saturated heterocycles. The van der Waals surface area contributed by atoms with E-state index in [1.165, 1.54) is 11.1 Å². The van der Waals surface area contributed by atoms with Crippen molar-refractivity contribution in [3.63, 3.8) is 0 Å². The van der Waals surface area contributed by atoms with E-state index in [9.17, 15) is 0 Å². The Labute approximate surface area is 88.3 Å². The van der Waals surface area contributed by atoms with Crippen LogP contribution in [0.2, 0.25) is 5.02 Å². The van der Waals surface area contributed by atoms with Gasteiger partial charge in [-0.2, -0.15) is 0 Å². The van der Waals surface area contributed by atoms with Crippen molar-refractivity contribution in [2.45, 2.75) is 13.8 Å². The second-order valence-electron chi connectivity index (χ2n) is 3.39. The maximum absolute atomic E-state index is 6.13. The molecule has 0 unspecified atom stereocenters. The molecule has 0 amide bonds. The zero-order valence-electron chi connectivity index (χ0n) is 8.17. The SMILES string of the molecule is Cc1cc(Cl)c(-c2ccco2)cc1C. The summed E-state index contributed by atoms with van der Waals surface area (Å²) in [7, 11) is 0. The summed E-state index contributed by atoms with van der Waals surface area (Å²) in [5.74, 6) is 0.818. The van der Waals surface area contributed by atoms with Gasteiger partial charge in [-0.25, -0.2) is 0 Å². The Balaban J connectivity index is 2.60. The molecular weight excluding hydrogens is 196 g/mol. The Morgan fingerprint density at radius 1 is 1.14 bits per heavy atom. The smallest absolute Gasteiger partial charge is 0.135 e. The molecule has 2 aromatic rings. The summed E-state index contributed by atoms with van der Waals surface area (Å²) in [6, 6.07) is 7.79. The van der Waals surface area contributed by atoms with Crippen LogP contribution in [0.4, 0.5) is 0 Å². The van der Waals surface area contributed by atoms with Crippen LogP contribution in [-0.4, -0.2) is 0 Å². The summed E-state index contributed by atoms with van der Waals surface area (Å²) < 4.78 is 5.31.